The van der Waals surface area contributed by atoms with Gasteiger partial charge in [-0.2, -0.15) is 0 Å². The van der Waals surface area contributed by atoms with Crippen LogP contribution < -0.4 is 5.32 Å². The predicted octanol–water partition coefficient (Wildman–Crippen LogP) is 3.90. The Labute approximate surface area is 117 Å². The molecule has 1 fully saturated rings. The highest BCUT2D eigenvalue weighted by Crippen LogP contribution is 2.46. The monoisotopic (exact) mass is 264 g/mol. The van der Waals surface area contributed by atoms with E-state index in [1.54, 1.807) is 0 Å². The quantitative estimate of drug-likeness (QED) is 0.792. The number of hydrogen-bond acceptors (Lipinski definition) is 3. The fourth-order valence-electron chi connectivity index (χ4n) is 3.12. The minimum atomic E-state index is 0.357. The first kappa shape index (κ1) is 14.6. The first-order valence-corrected chi connectivity index (χ1v) is 7.79. The largest absolute Gasteiger partial charge is 0.445 e. The molecule has 1 aliphatic carbocycles. The van der Waals surface area contributed by atoms with Gasteiger partial charge in [-0.1, -0.05) is 33.6 Å². The molecule has 0 radical (unpaired) electrons. The summed E-state index contributed by atoms with van der Waals surface area (Å²) in [6.45, 7) is 8.94. The lowest BCUT2D eigenvalue weighted by atomic mass is 9.68. The molecule has 0 bridgehead atoms. The average molecular weight is 264 g/mol. The lowest BCUT2D eigenvalue weighted by Crippen LogP contribution is -2.25. The number of nitrogens with one attached hydrogen (secondary N) is 1. The molecule has 0 spiro atoms. The molecule has 2 rings (SSSR count). The van der Waals surface area contributed by atoms with E-state index in [4.69, 9.17) is 4.42 Å². The summed E-state index contributed by atoms with van der Waals surface area (Å²) in [5.74, 6) is 2.54. The summed E-state index contributed by atoms with van der Waals surface area (Å²) >= 11 is 0. The molecule has 1 aromatic rings. The van der Waals surface area contributed by atoms with E-state index in [1.165, 1.54) is 32.1 Å². The Hall–Kier alpha value is -0.830. The Morgan fingerprint density at radius 3 is 2.95 bits per heavy atom. The van der Waals surface area contributed by atoms with Crippen molar-refractivity contribution in [1.82, 2.24) is 10.3 Å². The minimum Gasteiger partial charge on any atom is -0.445 e. The minimum absolute atomic E-state index is 0.357. The van der Waals surface area contributed by atoms with Gasteiger partial charge >= 0.3 is 0 Å². The van der Waals surface area contributed by atoms with Gasteiger partial charge in [0.25, 0.3) is 0 Å². The normalized spacial score (nSPS) is 22.6. The molecule has 1 aliphatic rings. The highest BCUT2D eigenvalue weighted by molar-refractivity contribution is 5.08. The first-order valence-electron chi connectivity index (χ1n) is 7.79. The van der Waals surface area contributed by atoms with Gasteiger partial charge in [-0.25, -0.2) is 4.98 Å². The Bertz CT molecular complexity index is 384. The number of aromatic nitrogens is 1. The molecule has 3 heteroatoms. The Kier molecular flexibility index (Phi) is 5.03. The fourth-order valence-corrected chi connectivity index (χ4v) is 3.12. The third-order valence-electron chi connectivity index (χ3n) is 4.36. The van der Waals surface area contributed by atoms with Crippen molar-refractivity contribution in [1.29, 1.82) is 0 Å². The maximum atomic E-state index is 5.99. The van der Waals surface area contributed by atoms with Gasteiger partial charge in [-0.3, -0.25) is 0 Å². The van der Waals surface area contributed by atoms with Crippen LogP contribution >= 0.6 is 0 Å². The van der Waals surface area contributed by atoms with Crippen molar-refractivity contribution in [3.05, 3.63) is 17.8 Å². The van der Waals surface area contributed by atoms with Crippen LogP contribution in [-0.2, 0) is 6.42 Å². The molecule has 1 unspecified atom stereocenters. The number of rotatable bonds is 6. The second-order valence-electron chi connectivity index (χ2n) is 6.44. The Balaban J connectivity index is 1.92. The van der Waals surface area contributed by atoms with Gasteiger partial charge in [0.2, 0.25) is 0 Å². The van der Waals surface area contributed by atoms with E-state index in [0.29, 0.717) is 11.3 Å². The van der Waals surface area contributed by atoms with E-state index in [2.05, 4.69) is 31.1 Å². The second-order valence-corrected chi connectivity index (χ2v) is 6.44. The maximum absolute atomic E-state index is 5.99. The van der Waals surface area contributed by atoms with Crippen molar-refractivity contribution in [3.8, 4) is 0 Å². The molecule has 108 valence electrons. The van der Waals surface area contributed by atoms with E-state index in [0.717, 1.165) is 31.2 Å². The van der Waals surface area contributed by atoms with Crippen molar-refractivity contribution in [2.45, 2.75) is 65.2 Å². The molecular formula is C16H28N2O. The van der Waals surface area contributed by atoms with E-state index < -0.39 is 0 Å². The number of oxazole rings is 1. The molecule has 0 amide bonds. The van der Waals surface area contributed by atoms with Crippen LogP contribution in [0.5, 0.6) is 0 Å². The summed E-state index contributed by atoms with van der Waals surface area (Å²) in [5.41, 5.74) is 0.357. The molecule has 0 aromatic carbocycles. The van der Waals surface area contributed by atoms with Crippen molar-refractivity contribution in [2.24, 2.45) is 5.41 Å². The zero-order valence-corrected chi connectivity index (χ0v) is 12.7. The zero-order valence-electron chi connectivity index (χ0n) is 12.7. The SMILES string of the molecule is CCCNCCc1ncc(C2CCCCC2(C)C)o1. The molecular weight excluding hydrogens is 236 g/mol. The molecule has 1 N–H and O–H groups in total. The highest BCUT2D eigenvalue weighted by atomic mass is 16.4. The van der Waals surface area contributed by atoms with E-state index >= 15 is 0 Å². The summed E-state index contributed by atoms with van der Waals surface area (Å²) in [4.78, 5) is 4.45. The van der Waals surface area contributed by atoms with Crippen LogP contribution in [0.15, 0.2) is 10.6 Å². The molecule has 3 nitrogen and oxygen atoms in total. The highest BCUT2D eigenvalue weighted by Gasteiger charge is 2.35. The molecule has 19 heavy (non-hydrogen) atoms. The zero-order chi connectivity index (χ0) is 13.7. The lowest BCUT2D eigenvalue weighted by molar-refractivity contribution is 0.176. The number of hydrogen-bond donors (Lipinski definition) is 1. The van der Waals surface area contributed by atoms with Crippen LogP contribution in [0.25, 0.3) is 0 Å². The van der Waals surface area contributed by atoms with Gasteiger partial charge in [0.05, 0.1) is 6.20 Å². The molecule has 1 aromatic heterocycles. The van der Waals surface area contributed by atoms with Crippen LogP contribution in [0.4, 0.5) is 0 Å². The summed E-state index contributed by atoms with van der Waals surface area (Å²) in [6.07, 6.45) is 9.25. The van der Waals surface area contributed by atoms with Gasteiger partial charge in [-0.15, -0.1) is 0 Å². The van der Waals surface area contributed by atoms with Crippen molar-refractivity contribution < 1.29 is 4.42 Å². The van der Waals surface area contributed by atoms with Crippen molar-refractivity contribution in [3.63, 3.8) is 0 Å². The third-order valence-corrected chi connectivity index (χ3v) is 4.36. The van der Waals surface area contributed by atoms with Crippen LogP contribution in [0.2, 0.25) is 0 Å². The molecule has 1 heterocycles. The van der Waals surface area contributed by atoms with Crippen LogP contribution in [0.3, 0.4) is 0 Å². The van der Waals surface area contributed by atoms with E-state index in [1.807, 2.05) is 6.20 Å². The topological polar surface area (TPSA) is 38.1 Å². The summed E-state index contributed by atoms with van der Waals surface area (Å²) in [6, 6.07) is 0. The summed E-state index contributed by atoms with van der Waals surface area (Å²) < 4.78 is 5.99. The smallest absolute Gasteiger partial charge is 0.195 e. The van der Waals surface area contributed by atoms with Gasteiger partial charge < -0.3 is 9.73 Å². The predicted molar refractivity (Wildman–Crippen MR) is 78.4 cm³/mol. The standard InChI is InChI=1S/C16H28N2O/c1-4-10-17-11-8-15-18-12-14(19-15)13-7-5-6-9-16(13,2)3/h12-13,17H,4-11H2,1-3H3. The van der Waals surface area contributed by atoms with E-state index in [9.17, 15) is 0 Å². The third kappa shape index (κ3) is 3.82. The van der Waals surface area contributed by atoms with E-state index in [-0.39, 0.29) is 0 Å². The van der Waals surface area contributed by atoms with Crippen molar-refractivity contribution in [2.75, 3.05) is 13.1 Å². The van der Waals surface area contributed by atoms with Gasteiger partial charge in [0.15, 0.2) is 5.89 Å². The second kappa shape index (κ2) is 6.56. The van der Waals surface area contributed by atoms with Gasteiger partial charge in [0.1, 0.15) is 5.76 Å². The summed E-state index contributed by atoms with van der Waals surface area (Å²) in [5, 5.41) is 3.39. The Morgan fingerprint density at radius 1 is 1.37 bits per heavy atom. The molecule has 1 saturated carbocycles. The van der Waals surface area contributed by atoms with Gasteiger partial charge in [0, 0.05) is 18.9 Å². The molecule has 0 saturated heterocycles. The average Bonchev–Trinajstić information content (AvgIpc) is 2.82. The van der Waals surface area contributed by atoms with Crippen LogP contribution in [0, 0.1) is 5.41 Å². The lowest BCUT2D eigenvalue weighted by Gasteiger charge is -2.37. The first-order chi connectivity index (χ1) is 9.13. The van der Waals surface area contributed by atoms with Gasteiger partial charge in [-0.05, 0) is 31.2 Å². The Morgan fingerprint density at radius 2 is 2.21 bits per heavy atom. The van der Waals surface area contributed by atoms with Crippen LogP contribution in [0.1, 0.15) is 70.4 Å². The van der Waals surface area contributed by atoms with Crippen LogP contribution in [-0.4, -0.2) is 18.1 Å². The number of nitrogens with zero attached hydrogens (tertiary/aromatic N) is 1. The molecule has 0 aliphatic heterocycles. The molecule has 1 atom stereocenters. The fraction of sp³-hybridized carbons (Fsp3) is 0.812. The maximum Gasteiger partial charge on any atom is 0.195 e. The summed E-state index contributed by atoms with van der Waals surface area (Å²) in [7, 11) is 0. The van der Waals surface area contributed by atoms with Crippen molar-refractivity contribution >= 4 is 0 Å².